The Morgan fingerprint density at radius 2 is 2.12 bits per heavy atom. The lowest BCUT2D eigenvalue weighted by atomic mass is 10.1. The first-order valence-corrected chi connectivity index (χ1v) is 5.90. The monoisotopic (exact) mass is 241 g/mol. The zero-order valence-corrected chi connectivity index (χ0v) is 10.1. The first-order valence-electron chi connectivity index (χ1n) is 5.90. The van der Waals surface area contributed by atoms with Crippen molar-refractivity contribution in [2.24, 2.45) is 5.92 Å². The third-order valence-corrected chi connectivity index (χ3v) is 3.11. The van der Waals surface area contributed by atoms with Crippen molar-refractivity contribution in [3.63, 3.8) is 0 Å². The van der Waals surface area contributed by atoms with Crippen molar-refractivity contribution in [3.05, 3.63) is 29.8 Å². The minimum atomic E-state index is -0.796. The van der Waals surface area contributed by atoms with Crippen LogP contribution in [0, 0.1) is 17.6 Å². The zero-order chi connectivity index (χ0) is 12.4. The van der Waals surface area contributed by atoms with E-state index in [1.807, 2.05) is 4.90 Å². The Balaban J connectivity index is 2.19. The second kappa shape index (κ2) is 5.00. The van der Waals surface area contributed by atoms with E-state index in [1.54, 1.807) is 6.07 Å². The lowest BCUT2D eigenvalue weighted by molar-refractivity contribution is 0.0112. The molecule has 0 spiro atoms. The third-order valence-electron chi connectivity index (χ3n) is 3.11. The van der Waals surface area contributed by atoms with Gasteiger partial charge in [0.05, 0.1) is 18.4 Å². The Labute approximate surface area is 100 Å². The summed E-state index contributed by atoms with van der Waals surface area (Å²) in [6, 6.07) is 4.29. The van der Waals surface area contributed by atoms with Crippen LogP contribution in [-0.4, -0.2) is 25.8 Å². The predicted molar refractivity (Wildman–Crippen MR) is 63.1 cm³/mol. The standard InChI is InChI=1S/C13H17F2NO/c1-9(2)12-8-16(6-7-17-12)11-5-3-4-10(14)13(11)15/h3-5,9,12H,6-8H2,1-2H3/t12-/m1/s1. The van der Waals surface area contributed by atoms with Crippen LogP contribution in [0.25, 0.3) is 0 Å². The molecule has 1 aromatic carbocycles. The van der Waals surface area contributed by atoms with Gasteiger partial charge in [0, 0.05) is 13.1 Å². The van der Waals surface area contributed by atoms with Gasteiger partial charge in [-0.2, -0.15) is 0 Å². The second-order valence-electron chi connectivity index (χ2n) is 4.67. The summed E-state index contributed by atoms with van der Waals surface area (Å²) in [5.74, 6) is -1.19. The Kier molecular flexibility index (Phi) is 3.62. The van der Waals surface area contributed by atoms with Gasteiger partial charge in [0.15, 0.2) is 11.6 Å². The molecular weight excluding hydrogens is 224 g/mol. The van der Waals surface area contributed by atoms with E-state index in [-0.39, 0.29) is 6.10 Å². The molecule has 0 unspecified atom stereocenters. The van der Waals surface area contributed by atoms with Gasteiger partial charge in [-0.05, 0) is 18.1 Å². The molecule has 4 heteroatoms. The van der Waals surface area contributed by atoms with Crippen LogP contribution in [0.15, 0.2) is 18.2 Å². The van der Waals surface area contributed by atoms with Crippen LogP contribution in [0.5, 0.6) is 0 Å². The summed E-state index contributed by atoms with van der Waals surface area (Å²) in [6.45, 7) is 5.90. The third kappa shape index (κ3) is 2.57. The molecule has 0 amide bonds. The van der Waals surface area contributed by atoms with Gasteiger partial charge in [-0.25, -0.2) is 8.78 Å². The highest BCUT2D eigenvalue weighted by molar-refractivity contribution is 5.48. The van der Waals surface area contributed by atoms with Gasteiger partial charge < -0.3 is 9.64 Å². The molecule has 17 heavy (non-hydrogen) atoms. The molecule has 1 aromatic rings. The van der Waals surface area contributed by atoms with E-state index in [2.05, 4.69) is 13.8 Å². The first kappa shape index (κ1) is 12.3. The van der Waals surface area contributed by atoms with E-state index in [0.29, 0.717) is 31.3 Å². The summed E-state index contributed by atoms with van der Waals surface area (Å²) >= 11 is 0. The molecule has 0 aliphatic carbocycles. The van der Waals surface area contributed by atoms with Crippen LogP contribution in [0.2, 0.25) is 0 Å². The molecule has 94 valence electrons. The maximum atomic E-state index is 13.7. The minimum absolute atomic E-state index is 0.0754. The Bertz CT molecular complexity index is 395. The number of morpholine rings is 1. The van der Waals surface area contributed by atoms with Gasteiger partial charge in [-0.3, -0.25) is 0 Å². The summed E-state index contributed by atoms with van der Waals surface area (Å²) in [4.78, 5) is 1.85. The van der Waals surface area contributed by atoms with Gasteiger partial charge >= 0.3 is 0 Å². The highest BCUT2D eigenvalue weighted by Crippen LogP contribution is 2.24. The van der Waals surface area contributed by atoms with E-state index in [0.717, 1.165) is 6.07 Å². The molecule has 0 saturated carbocycles. The number of nitrogens with zero attached hydrogens (tertiary/aromatic N) is 1. The minimum Gasteiger partial charge on any atom is -0.374 e. The average molecular weight is 241 g/mol. The zero-order valence-electron chi connectivity index (χ0n) is 10.1. The normalized spacial score (nSPS) is 21.0. The van der Waals surface area contributed by atoms with E-state index < -0.39 is 11.6 Å². The maximum absolute atomic E-state index is 13.7. The van der Waals surface area contributed by atoms with Crippen molar-refractivity contribution in [2.45, 2.75) is 20.0 Å². The van der Waals surface area contributed by atoms with Crippen LogP contribution in [0.3, 0.4) is 0 Å². The van der Waals surface area contributed by atoms with Crippen molar-refractivity contribution < 1.29 is 13.5 Å². The number of benzene rings is 1. The average Bonchev–Trinajstić information content (AvgIpc) is 2.33. The Hall–Kier alpha value is -1.16. The van der Waals surface area contributed by atoms with Crippen molar-refractivity contribution in [1.82, 2.24) is 0 Å². The molecule has 1 fully saturated rings. The molecule has 0 N–H and O–H groups in total. The second-order valence-corrected chi connectivity index (χ2v) is 4.67. The van der Waals surface area contributed by atoms with E-state index in [1.165, 1.54) is 6.07 Å². The van der Waals surface area contributed by atoms with E-state index in [4.69, 9.17) is 4.74 Å². The van der Waals surface area contributed by atoms with Crippen LogP contribution in [0.1, 0.15) is 13.8 Å². The van der Waals surface area contributed by atoms with E-state index in [9.17, 15) is 8.78 Å². The fourth-order valence-electron chi connectivity index (χ4n) is 2.03. The van der Waals surface area contributed by atoms with Gasteiger partial charge in [-0.1, -0.05) is 19.9 Å². The van der Waals surface area contributed by atoms with Crippen LogP contribution >= 0.6 is 0 Å². The molecule has 1 atom stereocenters. The lowest BCUT2D eigenvalue weighted by Crippen LogP contribution is -2.45. The fourth-order valence-corrected chi connectivity index (χ4v) is 2.03. The smallest absolute Gasteiger partial charge is 0.182 e. The highest BCUT2D eigenvalue weighted by atomic mass is 19.2. The molecule has 1 aliphatic heterocycles. The number of hydrogen-bond donors (Lipinski definition) is 0. The van der Waals surface area contributed by atoms with Crippen molar-refractivity contribution in [1.29, 1.82) is 0 Å². The number of hydrogen-bond acceptors (Lipinski definition) is 2. The summed E-state index contributed by atoms with van der Waals surface area (Å²) in [7, 11) is 0. The lowest BCUT2D eigenvalue weighted by Gasteiger charge is -2.36. The molecular formula is C13H17F2NO. The fraction of sp³-hybridized carbons (Fsp3) is 0.538. The molecule has 1 aliphatic rings. The van der Waals surface area contributed by atoms with Gasteiger partial charge in [-0.15, -0.1) is 0 Å². The number of rotatable bonds is 2. The number of anilines is 1. The van der Waals surface area contributed by atoms with Crippen LogP contribution in [0.4, 0.5) is 14.5 Å². The summed E-state index contributed by atoms with van der Waals surface area (Å²) in [5.41, 5.74) is 0.332. The maximum Gasteiger partial charge on any atom is 0.182 e. The van der Waals surface area contributed by atoms with Crippen molar-refractivity contribution in [3.8, 4) is 0 Å². The van der Waals surface area contributed by atoms with Crippen LogP contribution < -0.4 is 4.90 Å². The van der Waals surface area contributed by atoms with Crippen molar-refractivity contribution in [2.75, 3.05) is 24.6 Å². The summed E-state index contributed by atoms with van der Waals surface area (Å²) in [5, 5.41) is 0. The molecule has 1 heterocycles. The molecule has 0 radical (unpaired) electrons. The summed E-state index contributed by atoms with van der Waals surface area (Å²) in [6.07, 6.45) is 0.0754. The topological polar surface area (TPSA) is 12.5 Å². The first-order chi connectivity index (χ1) is 8.09. The molecule has 2 rings (SSSR count). The Morgan fingerprint density at radius 1 is 1.35 bits per heavy atom. The van der Waals surface area contributed by atoms with Crippen molar-refractivity contribution >= 4 is 5.69 Å². The van der Waals surface area contributed by atoms with E-state index >= 15 is 0 Å². The molecule has 0 aromatic heterocycles. The Morgan fingerprint density at radius 3 is 2.82 bits per heavy atom. The number of halogens is 2. The van der Waals surface area contributed by atoms with Crippen LogP contribution in [-0.2, 0) is 4.74 Å². The highest BCUT2D eigenvalue weighted by Gasteiger charge is 2.25. The largest absolute Gasteiger partial charge is 0.374 e. The SMILES string of the molecule is CC(C)[C@H]1CN(c2cccc(F)c2F)CCO1. The van der Waals surface area contributed by atoms with Gasteiger partial charge in [0.2, 0.25) is 0 Å². The molecule has 0 bridgehead atoms. The summed E-state index contributed by atoms with van der Waals surface area (Å²) < 4.78 is 32.4. The molecule has 1 saturated heterocycles. The predicted octanol–water partition coefficient (Wildman–Crippen LogP) is 2.83. The number of ether oxygens (including phenoxy) is 1. The molecule has 2 nitrogen and oxygen atoms in total. The van der Waals surface area contributed by atoms with Gasteiger partial charge in [0.1, 0.15) is 0 Å². The quantitative estimate of drug-likeness (QED) is 0.789. The van der Waals surface area contributed by atoms with Gasteiger partial charge in [0.25, 0.3) is 0 Å².